The fraction of sp³-hybridized carbons (Fsp3) is 0.455. The van der Waals surface area contributed by atoms with Crippen LogP contribution in [0.4, 0.5) is 9.18 Å². The van der Waals surface area contributed by atoms with Crippen molar-refractivity contribution >= 4 is 11.9 Å². The molecular weight excluding hydrogens is 371 g/mol. The Hall–Kier alpha value is -2.83. The van der Waals surface area contributed by atoms with Gasteiger partial charge in [0.25, 0.3) is 0 Å². The molecule has 4 rings (SSSR count). The number of halogens is 1. The van der Waals surface area contributed by atoms with Gasteiger partial charge in [0, 0.05) is 42.6 Å². The minimum atomic E-state index is -0.498. The van der Waals surface area contributed by atoms with Crippen molar-refractivity contribution in [2.24, 2.45) is 0 Å². The number of amides is 3. The largest absolute Gasteiger partial charge is 0.348 e. The lowest BCUT2D eigenvalue weighted by atomic mass is 9.99. The quantitative estimate of drug-likeness (QED) is 0.841. The Balaban J connectivity index is 1.61. The molecule has 3 amide bonds. The smallest absolute Gasteiger partial charge is 0.318 e. The van der Waals surface area contributed by atoms with Gasteiger partial charge in [-0.25, -0.2) is 9.18 Å². The third-order valence-electron chi connectivity index (χ3n) is 5.52. The number of hydrogen-bond donors (Lipinski definition) is 1. The molecular formula is C22H27FN4O2. The maximum Gasteiger partial charge on any atom is 0.318 e. The van der Waals surface area contributed by atoms with E-state index in [0.717, 1.165) is 18.5 Å². The van der Waals surface area contributed by atoms with Gasteiger partial charge in [0.15, 0.2) is 0 Å². The zero-order valence-corrected chi connectivity index (χ0v) is 16.8. The van der Waals surface area contributed by atoms with Crippen LogP contribution in [0.25, 0.3) is 0 Å². The molecule has 1 saturated carbocycles. The fourth-order valence-electron chi connectivity index (χ4n) is 4.00. The average molecular weight is 398 g/mol. The second-order valence-corrected chi connectivity index (χ2v) is 8.10. The van der Waals surface area contributed by atoms with Crippen LogP contribution >= 0.6 is 0 Å². The van der Waals surface area contributed by atoms with Crippen molar-refractivity contribution < 1.29 is 14.0 Å². The number of rotatable bonds is 5. The van der Waals surface area contributed by atoms with Crippen molar-refractivity contribution in [2.75, 3.05) is 13.1 Å². The molecule has 7 heteroatoms. The number of nitrogens with zero attached hydrogens (tertiary/aromatic N) is 3. The molecule has 1 aromatic heterocycles. The van der Waals surface area contributed by atoms with Crippen LogP contribution in [-0.2, 0) is 11.3 Å². The molecule has 154 valence electrons. The molecule has 1 aromatic carbocycles. The monoisotopic (exact) mass is 398 g/mol. The minimum Gasteiger partial charge on any atom is -0.348 e. The van der Waals surface area contributed by atoms with Crippen molar-refractivity contribution in [3.63, 3.8) is 0 Å². The molecule has 6 nitrogen and oxygen atoms in total. The molecule has 2 aliphatic rings. The molecule has 2 heterocycles. The lowest BCUT2D eigenvalue weighted by Gasteiger charge is -2.38. The summed E-state index contributed by atoms with van der Waals surface area (Å²) in [7, 11) is 0. The normalized spacial score (nSPS) is 18.5. The van der Waals surface area contributed by atoms with Gasteiger partial charge in [-0.15, -0.1) is 0 Å². The van der Waals surface area contributed by atoms with Gasteiger partial charge in [-0.3, -0.25) is 4.79 Å². The first-order valence-corrected chi connectivity index (χ1v) is 10.2. The summed E-state index contributed by atoms with van der Waals surface area (Å²) < 4.78 is 16.7. The minimum absolute atomic E-state index is 0.00304. The molecule has 0 unspecified atom stereocenters. The molecule has 1 aliphatic heterocycles. The third kappa shape index (κ3) is 3.99. The van der Waals surface area contributed by atoms with Crippen LogP contribution in [0.1, 0.15) is 44.0 Å². The molecule has 2 aromatic rings. The number of carbonyl (C=O) groups is 2. The topological polar surface area (TPSA) is 57.6 Å². The van der Waals surface area contributed by atoms with Gasteiger partial charge in [0.1, 0.15) is 18.4 Å². The molecule has 1 aliphatic carbocycles. The van der Waals surface area contributed by atoms with E-state index in [0.29, 0.717) is 18.7 Å². The van der Waals surface area contributed by atoms with E-state index in [4.69, 9.17) is 0 Å². The zero-order chi connectivity index (χ0) is 20.5. The summed E-state index contributed by atoms with van der Waals surface area (Å²) in [6.45, 7) is 4.94. The van der Waals surface area contributed by atoms with Crippen molar-refractivity contribution in [1.29, 1.82) is 0 Å². The molecule has 29 heavy (non-hydrogen) atoms. The van der Waals surface area contributed by atoms with Crippen LogP contribution in [0.2, 0.25) is 0 Å². The fourth-order valence-corrected chi connectivity index (χ4v) is 4.00. The van der Waals surface area contributed by atoms with Crippen LogP contribution < -0.4 is 5.32 Å². The summed E-state index contributed by atoms with van der Waals surface area (Å²) in [5.74, 6) is -0.488. The summed E-state index contributed by atoms with van der Waals surface area (Å²) in [5.41, 5.74) is 1.37. The van der Waals surface area contributed by atoms with Crippen LogP contribution in [0, 0.1) is 5.82 Å². The van der Waals surface area contributed by atoms with Crippen LogP contribution in [0.3, 0.4) is 0 Å². The average Bonchev–Trinajstić information content (AvgIpc) is 3.41. The van der Waals surface area contributed by atoms with Gasteiger partial charge in [-0.2, -0.15) is 0 Å². The van der Waals surface area contributed by atoms with Crippen molar-refractivity contribution in [3.8, 4) is 0 Å². The Morgan fingerprint density at radius 1 is 1.17 bits per heavy atom. The van der Waals surface area contributed by atoms with E-state index in [1.165, 1.54) is 6.07 Å². The highest BCUT2D eigenvalue weighted by Gasteiger charge is 2.38. The summed E-state index contributed by atoms with van der Waals surface area (Å²) in [6, 6.07) is 9.85. The Labute approximate surface area is 170 Å². The molecule has 1 atom stereocenters. The van der Waals surface area contributed by atoms with E-state index in [1.54, 1.807) is 28.0 Å². The van der Waals surface area contributed by atoms with E-state index < -0.39 is 6.04 Å². The van der Waals surface area contributed by atoms with Crippen LogP contribution in [-0.4, -0.2) is 51.5 Å². The number of nitrogens with one attached hydrogen (secondary N) is 1. The van der Waals surface area contributed by atoms with E-state index in [1.807, 2.05) is 32.2 Å². The van der Waals surface area contributed by atoms with E-state index in [9.17, 15) is 14.0 Å². The second-order valence-electron chi connectivity index (χ2n) is 8.10. The standard InChI is InChI=1S/C22H27FN4O2/c1-15(2)24-22(29)27(16-9-10-16)14-20(28)26-13-12-25-11-5-8-19(25)21(26)17-6-3-4-7-18(17)23/h3-8,11,15-16,21H,9-10,12-14H2,1-2H3,(H,24,29)/t21-/m0/s1. The van der Waals surface area contributed by atoms with Crippen molar-refractivity contribution in [2.45, 2.75) is 51.4 Å². The number of urea groups is 1. The Kier molecular flexibility index (Phi) is 5.30. The second kappa shape index (κ2) is 7.89. The summed E-state index contributed by atoms with van der Waals surface area (Å²) >= 11 is 0. The summed E-state index contributed by atoms with van der Waals surface area (Å²) in [5, 5.41) is 2.89. The number of benzene rings is 1. The predicted molar refractivity (Wildman–Crippen MR) is 108 cm³/mol. The number of carbonyl (C=O) groups excluding carboxylic acids is 2. The Bertz CT molecular complexity index is 906. The molecule has 0 bridgehead atoms. The van der Waals surface area contributed by atoms with Crippen molar-refractivity contribution in [3.05, 3.63) is 59.7 Å². The Morgan fingerprint density at radius 2 is 1.93 bits per heavy atom. The molecule has 0 radical (unpaired) electrons. The van der Waals surface area contributed by atoms with E-state index in [2.05, 4.69) is 9.88 Å². The van der Waals surface area contributed by atoms with Gasteiger partial charge >= 0.3 is 6.03 Å². The lowest BCUT2D eigenvalue weighted by molar-refractivity contribution is -0.134. The number of aromatic nitrogens is 1. The Morgan fingerprint density at radius 3 is 2.62 bits per heavy atom. The first-order valence-electron chi connectivity index (χ1n) is 10.2. The number of hydrogen-bond acceptors (Lipinski definition) is 2. The number of fused-ring (bicyclic) bond motifs is 1. The van der Waals surface area contributed by atoms with Gasteiger partial charge in [0.05, 0.1) is 0 Å². The maximum absolute atomic E-state index is 14.7. The van der Waals surface area contributed by atoms with Crippen molar-refractivity contribution in [1.82, 2.24) is 19.7 Å². The van der Waals surface area contributed by atoms with E-state index >= 15 is 0 Å². The highest BCUT2D eigenvalue weighted by molar-refractivity contribution is 5.85. The van der Waals surface area contributed by atoms with Gasteiger partial charge < -0.3 is 19.7 Å². The molecule has 1 fully saturated rings. The van der Waals surface area contributed by atoms with Gasteiger partial charge in [0.2, 0.25) is 5.91 Å². The predicted octanol–water partition coefficient (Wildman–Crippen LogP) is 3.14. The first kappa shape index (κ1) is 19.5. The molecule has 0 saturated heterocycles. The molecule has 0 spiro atoms. The molecule has 1 N–H and O–H groups in total. The van der Waals surface area contributed by atoms with Crippen LogP contribution in [0.15, 0.2) is 42.6 Å². The summed E-state index contributed by atoms with van der Waals surface area (Å²) in [4.78, 5) is 29.3. The van der Waals surface area contributed by atoms with Gasteiger partial charge in [-0.05, 0) is 44.9 Å². The first-order chi connectivity index (χ1) is 14.0. The van der Waals surface area contributed by atoms with Gasteiger partial charge in [-0.1, -0.05) is 18.2 Å². The highest BCUT2D eigenvalue weighted by Crippen LogP contribution is 2.34. The van der Waals surface area contributed by atoms with Crippen LogP contribution in [0.5, 0.6) is 0 Å². The lowest BCUT2D eigenvalue weighted by Crippen LogP contribution is -2.51. The van der Waals surface area contributed by atoms with E-state index in [-0.39, 0.29) is 36.4 Å². The third-order valence-corrected chi connectivity index (χ3v) is 5.52. The maximum atomic E-state index is 14.7. The SMILES string of the molecule is CC(C)NC(=O)N(CC(=O)N1CCn2cccc2[C@@H]1c1ccccc1F)C1CC1. The summed E-state index contributed by atoms with van der Waals surface area (Å²) in [6.07, 6.45) is 3.79. The zero-order valence-electron chi connectivity index (χ0n) is 16.8. The highest BCUT2D eigenvalue weighted by atomic mass is 19.1.